The molecular weight excluding hydrogens is 380 g/mol. The van der Waals surface area contributed by atoms with Crippen molar-refractivity contribution in [3.8, 4) is 0 Å². The Hall–Kier alpha value is -2.87. The van der Waals surface area contributed by atoms with Gasteiger partial charge in [0.2, 0.25) is 5.91 Å². The molecule has 0 radical (unpaired) electrons. The molecule has 2 heterocycles. The van der Waals surface area contributed by atoms with Gasteiger partial charge in [-0.2, -0.15) is 0 Å². The van der Waals surface area contributed by atoms with Gasteiger partial charge in [-0.1, -0.05) is 24.4 Å². The van der Waals surface area contributed by atoms with Crippen molar-refractivity contribution in [2.75, 3.05) is 17.7 Å². The van der Waals surface area contributed by atoms with Gasteiger partial charge in [0.05, 0.1) is 22.2 Å². The number of nitrogens with one attached hydrogen (secondary N) is 3. The summed E-state index contributed by atoms with van der Waals surface area (Å²) in [4.78, 5) is 32.6. The smallest absolute Gasteiger partial charge is 0.254 e. The van der Waals surface area contributed by atoms with Crippen LogP contribution in [0.15, 0.2) is 30.6 Å². The van der Waals surface area contributed by atoms with Crippen LogP contribution >= 0.6 is 11.6 Å². The van der Waals surface area contributed by atoms with Crippen molar-refractivity contribution in [1.82, 2.24) is 15.3 Å². The van der Waals surface area contributed by atoms with Crippen LogP contribution in [0.1, 0.15) is 36.0 Å². The number of rotatable bonds is 6. The lowest BCUT2D eigenvalue weighted by Gasteiger charge is -2.31. The highest BCUT2D eigenvalue weighted by molar-refractivity contribution is 6.30. The number of nitrogens with two attached hydrogens (primary N) is 1. The van der Waals surface area contributed by atoms with Gasteiger partial charge < -0.3 is 21.7 Å². The van der Waals surface area contributed by atoms with Gasteiger partial charge in [0.1, 0.15) is 11.6 Å². The number of halogens is 1. The topological polar surface area (TPSA) is 122 Å². The van der Waals surface area contributed by atoms with Gasteiger partial charge in [0.25, 0.3) is 5.91 Å². The minimum atomic E-state index is -0.323. The molecule has 1 fully saturated rings. The quantitative estimate of drug-likeness (QED) is 0.589. The molecule has 148 valence electrons. The Balaban J connectivity index is 1.88. The van der Waals surface area contributed by atoms with E-state index in [2.05, 4.69) is 25.9 Å². The number of primary amides is 1. The molecule has 5 N–H and O–H groups in total. The average Bonchev–Trinajstić information content (AvgIpc) is 2.69. The van der Waals surface area contributed by atoms with Crippen LogP contribution in [-0.4, -0.2) is 34.9 Å². The van der Waals surface area contributed by atoms with E-state index in [-0.39, 0.29) is 23.8 Å². The number of nitrogens with zero attached hydrogens (tertiary/aromatic N) is 2. The summed E-state index contributed by atoms with van der Waals surface area (Å²) in [5.41, 5.74) is 6.56. The fourth-order valence-corrected chi connectivity index (χ4v) is 3.50. The van der Waals surface area contributed by atoms with Crippen molar-refractivity contribution in [1.29, 1.82) is 0 Å². The largest absolute Gasteiger partial charge is 0.381 e. The van der Waals surface area contributed by atoms with Crippen LogP contribution in [0, 0.1) is 5.92 Å². The Morgan fingerprint density at radius 1 is 1.14 bits per heavy atom. The molecule has 0 aliphatic heterocycles. The van der Waals surface area contributed by atoms with Crippen molar-refractivity contribution < 1.29 is 9.59 Å². The summed E-state index contributed by atoms with van der Waals surface area (Å²) < 4.78 is 0. The van der Waals surface area contributed by atoms with E-state index in [1.807, 2.05) is 0 Å². The van der Waals surface area contributed by atoms with E-state index in [4.69, 9.17) is 17.3 Å². The molecule has 28 heavy (non-hydrogen) atoms. The molecule has 1 saturated carbocycles. The number of aromatic nitrogens is 2. The third-order valence-electron chi connectivity index (χ3n) is 4.83. The first kappa shape index (κ1) is 19.9. The number of carbonyl (C=O) groups excluding carboxylic acids is 2. The maximum Gasteiger partial charge on any atom is 0.254 e. The van der Waals surface area contributed by atoms with Gasteiger partial charge in [-0.15, -0.1) is 0 Å². The number of anilines is 3. The van der Waals surface area contributed by atoms with Crippen LogP contribution in [0.3, 0.4) is 0 Å². The highest BCUT2D eigenvalue weighted by Crippen LogP contribution is 2.29. The molecule has 8 nitrogen and oxygen atoms in total. The van der Waals surface area contributed by atoms with Crippen molar-refractivity contribution >= 4 is 40.7 Å². The Bertz CT molecular complexity index is 858. The van der Waals surface area contributed by atoms with E-state index in [0.717, 1.165) is 25.7 Å². The molecular formula is C19H23ClN6O2. The van der Waals surface area contributed by atoms with E-state index in [0.29, 0.717) is 27.9 Å². The second-order valence-electron chi connectivity index (χ2n) is 6.73. The minimum absolute atomic E-state index is 0.126. The molecule has 0 bridgehead atoms. The zero-order valence-corrected chi connectivity index (χ0v) is 16.3. The Morgan fingerprint density at radius 2 is 1.89 bits per heavy atom. The average molecular weight is 403 g/mol. The van der Waals surface area contributed by atoms with Crippen LogP contribution in [0.5, 0.6) is 0 Å². The molecule has 1 aliphatic carbocycles. The summed E-state index contributed by atoms with van der Waals surface area (Å²) >= 11 is 5.86. The molecule has 2 atom stereocenters. The number of carbonyl (C=O) groups is 2. The van der Waals surface area contributed by atoms with Crippen LogP contribution < -0.4 is 21.7 Å². The summed E-state index contributed by atoms with van der Waals surface area (Å²) in [5, 5.41) is 9.57. The van der Waals surface area contributed by atoms with Crippen molar-refractivity contribution in [3.63, 3.8) is 0 Å². The Morgan fingerprint density at radius 3 is 2.57 bits per heavy atom. The van der Waals surface area contributed by atoms with Gasteiger partial charge in [-0.3, -0.25) is 9.59 Å². The van der Waals surface area contributed by atoms with Crippen LogP contribution in [0.2, 0.25) is 5.02 Å². The molecule has 2 aromatic rings. The molecule has 2 aromatic heterocycles. The lowest BCUT2D eigenvalue weighted by molar-refractivity contribution is -0.122. The van der Waals surface area contributed by atoms with E-state index < -0.39 is 0 Å². The molecule has 3 rings (SSSR count). The van der Waals surface area contributed by atoms with E-state index in [1.54, 1.807) is 25.2 Å². The Kier molecular flexibility index (Phi) is 6.30. The van der Waals surface area contributed by atoms with Crippen molar-refractivity contribution in [3.05, 3.63) is 41.2 Å². The van der Waals surface area contributed by atoms with E-state index in [9.17, 15) is 9.59 Å². The summed E-state index contributed by atoms with van der Waals surface area (Å²) in [5.74, 6) is 0.225. The summed E-state index contributed by atoms with van der Waals surface area (Å²) in [6.07, 6.45) is 6.54. The molecule has 1 aliphatic rings. The van der Waals surface area contributed by atoms with Crippen LogP contribution in [-0.2, 0) is 4.79 Å². The summed E-state index contributed by atoms with van der Waals surface area (Å²) in [6, 6.07) is 5.05. The monoisotopic (exact) mass is 402 g/mol. The first-order valence-electron chi connectivity index (χ1n) is 9.14. The van der Waals surface area contributed by atoms with Crippen LogP contribution in [0.4, 0.5) is 17.3 Å². The normalized spacial score (nSPS) is 18.9. The minimum Gasteiger partial charge on any atom is -0.381 e. The second-order valence-corrected chi connectivity index (χ2v) is 7.16. The molecule has 2 amide bonds. The number of hydrogen-bond acceptors (Lipinski definition) is 6. The van der Waals surface area contributed by atoms with E-state index in [1.165, 1.54) is 12.4 Å². The maximum absolute atomic E-state index is 12.3. The van der Waals surface area contributed by atoms with Crippen molar-refractivity contribution in [2.45, 2.75) is 31.7 Å². The van der Waals surface area contributed by atoms with Gasteiger partial charge in [0.15, 0.2) is 0 Å². The van der Waals surface area contributed by atoms with Gasteiger partial charge in [-0.25, -0.2) is 9.97 Å². The number of pyridine rings is 2. The summed E-state index contributed by atoms with van der Waals surface area (Å²) in [7, 11) is 1.56. The second kappa shape index (κ2) is 8.88. The number of hydrogen-bond donors (Lipinski definition) is 4. The predicted octanol–water partition coefficient (Wildman–Crippen LogP) is 2.69. The SMILES string of the molecule is CNC(=O)c1cnc(Nc2ccc(Cl)cn2)cc1N[C@@H]1CCCC[C@H]1C(N)=O. The molecule has 0 saturated heterocycles. The molecule has 9 heteroatoms. The van der Waals surface area contributed by atoms with Crippen LogP contribution in [0.25, 0.3) is 0 Å². The first-order valence-corrected chi connectivity index (χ1v) is 9.52. The predicted molar refractivity (Wildman–Crippen MR) is 109 cm³/mol. The highest BCUT2D eigenvalue weighted by atomic mass is 35.5. The molecule has 0 spiro atoms. The van der Waals surface area contributed by atoms with Gasteiger partial charge >= 0.3 is 0 Å². The first-order chi connectivity index (χ1) is 13.5. The zero-order valence-electron chi connectivity index (χ0n) is 15.5. The van der Waals surface area contributed by atoms with E-state index >= 15 is 0 Å². The fourth-order valence-electron chi connectivity index (χ4n) is 3.38. The third-order valence-corrected chi connectivity index (χ3v) is 5.06. The Labute approximate surface area is 168 Å². The standard InChI is InChI=1S/C19H23ClN6O2/c1-22-19(28)13-10-24-17(26-16-7-6-11(20)9-23-16)8-15(13)25-14-5-3-2-4-12(14)18(21)27/h6-10,12,14H,2-5H2,1H3,(H2,21,27)(H,22,28)(H2,23,24,25,26)/t12-,14-/m1/s1. The van der Waals surface area contributed by atoms with Crippen molar-refractivity contribution in [2.24, 2.45) is 11.7 Å². The van der Waals surface area contributed by atoms with Gasteiger partial charge in [0, 0.05) is 31.5 Å². The highest BCUT2D eigenvalue weighted by Gasteiger charge is 2.30. The van der Waals surface area contributed by atoms with Gasteiger partial charge in [-0.05, 0) is 25.0 Å². The maximum atomic E-state index is 12.3. The lowest BCUT2D eigenvalue weighted by Crippen LogP contribution is -2.41. The third kappa shape index (κ3) is 4.69. The zero-order chi connectivity index (χ0) is 20.1. The molecule has 0 aromatic carbocycles. The summed E-state index contributed by atoms with van der Waals surface area (Å²) in [6.45, 7) is 0. The lowest BCUT2D eigenvalue weighted by atomic mass is 9.84. The number of amides is 2. The fraction of sp³-hybridized carbons (Fsp3) is 0.368. The molecule has 0 unspecified atom stereocenters.